The van der Waals surface area contributed by atoms with Crippen molar-refractivity contribution in [2.45, 2.75) is 58.0 Å². The Labute approximate surface area is 201 Å². The first kappa shape index (κ1) is 24.3. The fourth-order valence-electron chi connectivity index (χ4n) is 4.67. The molecular formula is C26H36N4O4. The fraction of sp³-hybridized carbons (Fsp3) is 0.577. The number of nitrogens with zero attached hydrogens (tertiary/aromatic N) is 3. The second-order valence-corrected chi connectivity index (χ2v) is 9.68. The maximum Gasteiger partial charge on any atom is 0.316 e. The Morgan fingerprint density at radius 3 is 2.68 bits per heavy atom. The van der Waals surface area contributed by atoms with Crippen LogP contribution in [-0.4, -0.2) is 53.1 Å². The Morgan fingerprint density at radius 1 is 1.29 bits per heavy atom. The largest absolute Gasteiger partial charge is 0.481 e. The van der Waals surface area contributed by atoms with Gasteiger partial charge in [0.2, 0.25) is 0 Å². The summed E-state index contributed by atoms with van der Waals surface area (Å²) in [5, 5.41) is 13.2. The van der Waals surface area contributed by atoms with Gasteiger partial charge in [0.15, 0.2) is 0 Å². The molecule has 2 fully saturated rings. The average Bonchev–Trinajstić information content (AvgIpc) is 3.67. The number of aromatic nitrogens is 2. The van der Waals surface area contributed by atoms with Gasteiger partial charge in [0.25, 0.3) is 0 Å². The molecule has 2 aliphatic rings. The number of aliphatic carboxylic acids is 1. The highest BCUT2D eigenvalue weighted by Crippen LogP contribution is 2.39. The molecule has 1 aliphatic carbocycles. The van der Waals surface area contributed by atoms with Gasteiger partial charge in [-0.3, -0.25) is 4.79 Å². The SMILES string of the molecule is CCC(CC(=O)O)c1ccccc1N1CCOC[C@@]1(Nc1cnc(OCC2CC2)nc1)C(C)C. The molecule has 0 radical (unpaired) electrons. The quantitative estimate of drug-likeness (QED) is 0.496. The van der Waals surface area contributed by atoms with Gasteiger partial charge in [-0.2, -0.15) is 0 Å². The van der Waals surface area contributed by atoms with Crippen molar-refractivity contribution in [1.29, 1.82) is 0 Å². The van der Waals surface area contributed by atoms with Crippen LogP contribution in [0.2, 0.25) is 0 Å². The van der Waals surface area contributed by atoms with E-state index in [1.54, 1.807) is 12.4 Å². The molecule has 8 nitrogen and oxygen atoms in total. The number of rotatable bonds is 11. The van der Waals surface area contributed by atoms with Crippen molar-refractivity contribution in [2.24, 2.45) is 11.8 Å². The number of benzene rings is 1. The predicted octanol–water partition coefficient (Wildman–Crippen LogP) is 4.53. The number of anilines is 2. The highest BCUT2D eigenvalue weighted by atomic mass is 16.5. The first-order chi connectivity index (χ1) is 16.4. The molecule has 1 saturated carbocycles. The molecule has 8 heteroatoms. The summed E-state index contributed by atoms with van der Waals surface area (Å²) in [5.41, 5.74) is 2.35. The zero-order valence-corrected chi connectivity index (χ0v) is 20.4. The maximum atomic E-state index is 11.6. The van der Waals surface area contributed by atoms with Gasteiger partial charge in [-0.25, -0.2) is 9.97 Å². The molecule has 34 heavy (non-hydrogen) atoms. The normalized spacial score (nSPS) is 21.4. The van der Waals surface area contributed by atoms with Crippen LogP contribution in [0.4, 0.5) is 11.4 Å². The lowest BCUT2D eigenvalue weighted by Gasteiger charge is -2.52. The van der Waals surface area contributed by atoms with Crippen molar-refractivity contribution in [1.82, 2.24) is 9.97 Å². The summed E-state index contributed by atoms with van der Waals surface area (Å²) < 4.78 is 11.7. The first-order valence-electron chi connectivity index (χ1n) is 12.3. The van der Waals surface area contributed by atoms with Gasteiger partial charge in [-0.05, 0) is 48.6 Å². The number of hydrogen-bond acceptors (Lipinski definition) is 7. The Bertz CT molecular complexity index is 964. The predicted molar refractivity (Wildman–Crippen MR) is 131 cm³/mol. The topological polar surface area (TPSA) is 96.8 Å². The van der Waals surface area contributed by atoms with Crippen LogP contribution in [-0.2, 0) is 9.53 Å². The Morgan fingerprint density at radius 2 is 2.03 bits per heavy atom. The third kappa shape index (κ3) is 5.43. The second kappa shape index (κ2) is 10.6. The van der Waals surface area contributed by atoms with Crippen LogP contribution < -0.4 is 15.0 Å². The first-order valence-corrected chi connectivity index (χ1v) is 12.3. The lowest BCUT2D eigenvalue weighted by atomic mass is 9.87. The minimum Gasteiger partial charge on any atom is -0.481 e. The highest BCUT2D eigenvalue weighted by Gasteiger charge is 2.44. The van der Waals surface area contributed by atoms with Gasteiger partial charge < -0.3 is 24.8 Å². The summed E-state index contributed by atoms with van der Waals surface area (Å²) in [4.78, 5) is 22.7. The zero-order valence-electron chi connectivity index (χ0n) is 20.4. The van der Waals surface area contributed by atoms with Gasteiger partial charge in [-0.15, -0.1) is 0 Å². The van der Waals surface area contributed by atoms with Gasteiger partial charge in [0.1, 0.15) is 5.66 Å². The van der Waals surface area contributed by atoms with Crippen molar-refractivity contribution in [2.75, 3.05) is 36.6 Å². The van der Waals surface area contributed by atoms with Crippen LogP contribution in [0.5, 0.6) is 6.01 Å². The molecule has 2 heterocycles. The average molecular weight is 469 g/mol. The number of ether oxygens (including phenoxy) is 2. The number of carboxylic acid groups (broad SMARTS) is 1. The van der Waals surface area contributed by atoms with Crippen LogP contribution in [0.15, 0.2) is 36.7 Å². The van der Waals surface area contributed by atoms with Crippen LogP contribution >= 0.6 is 0 Å². The molecule has 4 rings (SSSR count). The minimum absolute atomic E-state index is 0.0624. The summed E-state index contributed by atoms with van der Waals surface area (Å²) in [6.45, 7) is 8.83. The van der Waals surface area contributed by atoms with Crippen LogP contribution in [0.1, 0.15) is 57.9 Å². The van der Waals surface area contributed by atoms with E-state index in [1.165, 1.54) is 12.8 Å². The molecule has 1 aromatic carbocycles. The van der Waals surface area contributed by atoms with E-state index in [0.717, 1.165) is 23.4 Å². The van der Waals surface area contributed by atoms with Gasteiger partial charge in [-0.1, -0.05) is 39.0 Å². The molecule has 2 atom stereocenters. The molecule has 1 aromatic heterocycles. The van der Waals surface area contributed by atoms with Crippen LogP contribution in [0, 0.1) is 11.8 Å². The van der Waals surface area contributed by atoms with E-state index in [4.69, 9.17) is 9.47 Å². The van der Waals surface area contributed by atoms with Crippen molar-refractivity contribution >= 4 is 17.3 Å². The minimum atomic E-state index is -0.780. The van der Waals surface area contributed by atoms with E-state index in [-0.39, 0.29) is 18.3 Å². The lowest BCUT2D eigenvalue weighted by Crippen LogP contribution is -2.65. The molecule has 0 amide bonds. The molecule has 1 unspecified atom stereocenters. The number of morpholine rings is 1. The monoisotopic (exact) mass is 468 g/mol. The molecule has 1 saturated heterocycles. The van der Waals surface area contributed by atoms with Crippen molar-refractivity contribution in [3.05, 3.63) is 42.2 Å². The van der Waals surface area contributed by atoms with Crippen molar-refractivity contribution in [3.8, 4) is 6.01 Å². The number of para-hydroxylation sites is 1. The Kier molecular flexibility index (Phi) is 7.56. The van der Waals surface area contributed by atoms with Crippen molar-refractivity contribution < 1.29 is 19.4 Å². The van der Waals surface area contributed by atoms with Gasteiger partial charge >= 0.3 is 12.0 Å². The van der Waals surface area contributed by atoms with E-state index >= 15 is 0 Å². The standard InChI is InChI=1S/C26H36N4O4/c1-4-20(13-24(31)32)22-7-5-6-8-23(22)30-11-12-33-17-26(30,18(2)3)29-21-14-27-25(28-15-21)34-16-19-9-10-19/h5-8,14-15,18-20,29H,4,9-13,16-17H2,1-3H3,(H,31,32)/t20?,26-/m0/s1. The number of nitrogens with one attached hydrogen (secondary N) is 1. The van der Waals surface area contributed by atoms with Crippen LogP contribution in [0.25, 0.3) is 0 Å². The lowest BCUT2D eigenvalue weighted by molar-refractivity contribution is -0.137. The molecule has 2 N–H and O–H groups in total. The molecule has 184 valence electrons. The summed E-state index contributed by atoms with van der Waals surface area (Å²) >= 11 is 0. The van der Waals surface area contributed by atoms with Gasteiger partial charge in [0.05, 0.1) is 44.3 Å². The molecule has 0 spiro atoms. The number of carbonyl (C=O) groups is 1. The second-order valence-electron chi connectivity index (χ2n) is 9.68. The molecule has 0 bridgehead atoms. The van der Waals surface area contributed by atoms with E-state index in [0.29, 0.717) is 38.3 Å². The summed E-state index contributed by atoms with van der Waals surface area (Å²) in [6, 6.07) is 8.56. The summed E-state index contributed by atoms with van der Waals surface area (Å²) in [5.74, 6) is -0.0245. The van der Waals surface area contributed by atoms with E-state index < -0.39 is 11.6 Å². The molecular weight excluding hydrogens is 432 g/mol. The molecule has 2 aromatic rings. The fourth-order valence-corrected chi connectivity index (χ4v) is 4.67. The third-order valence-electron chi connectivity index (χ3n) is 6.93. The summed E-state index contributed by atoms with van der Waals surface area (Å²) in [6.07, 6.45) is 6.83. The molecule has 1 aliphatic heterocycles. The smallest absolute Gasteiger partial charge is 0.316 e. The maximum absolute atomic E-state index is 11.6. The van der Waals surface area contributed by atoms with E-state index in [1.807, 2.05) is 19.1 Å². The van der Waals surface area contributed by atoms with Crippen LogP contribution in [0.3, 0.4) is 0 Å². The number of carboxylic acids is 1. The summed E-state index contributed by atoms with van der Waals surface area (Å²) in [7, 11) is 0. The van der Waals surface area contributed by atoms with Crippen molar-refractivity contribution in [3.63, 3.8) is 0 Å². The van der Waals surface area contributed by atoms with E-state index in [9.17, 15) is 9.90 Å². The zero-order chi connectivity index (χ0) is 24.1. The Hall–Kier alpha value is -2.87. The highest BCUT2D eigenvalue weighted by molar-refractivity contribution is 5.69. The van der Waals surface area contributed by atoms with E-state index in [2.05, 4.69) is 46.2 Å². The number of hydrogen-bond donors (Lipinski definition) is 2. The van der Waals surface area contributed by atoms with Gasteiger partial charge in [0, 0.05) is 12.2 Å². The third-order valence-corrected chi connectivity index (χ3v) is 6.93. The Balaban J connectivity index is 1.63.